The van der Waals surface area contributed by atoms with Gasteiger partial charge in [0.1, 0.15) is 6.54 Å². The van der Waals surface area contributed by atoms with Crippen molar-refractivity contribution in [3.05, 3.63) is 30.6 Å². The molecule has 1 rings (SSSR count). The van der Waals surface area contributed by atoms with Crippen LogP contribution < -0.4 is 17.0 Å². The molecule has 0 atom stereocenters. The lowest BCUT2D eigenvalue weighted by molar-refractivity contribution is -0.697. The van der Waals surface area contributed by atoms with Gasteiger partial charge in [0.15, 0.2) is 12.4 Å². The van der Waals surface area contributed by atoms with Crippen LogP contribution in [0.3, 0.4) is 0 Å². The van der Waals surface area contributed by atoms with Crippen molar-refractivity contribution in [2.24, 2.45) is 0 Å². The summed E-state index contributed by atoms with van der Waals surface area (Å²) in [5.41, 5.74) is 0. The summed E-state index contributed by atoms with van der Waals surface area (Å²) in [4.78, 5) is 0. The molecule has 2 heteroatoms. The predicted molar refractivity (Wildman–Crippen MR) is 106 cm³/mol. The highest BCUT2D eigenvalue weighted by Gasteiger charge is 1.98. The van der Waals surface area contributed by atoms with Crippen LogP contribution in [0.15, 0.2) is 30.6 Å². The molecule has 0 saturated carbocycles. The molecule has 0 saturated heterocycles. The number of unbranched alkanes of at least 4 members (excludes halogenated alkanes) is 15. The Morgan fingerprint density at radius 2 is 0.840 bits per heavy atom. The summed E-state index contributed by atoms with van der Waals surface area (Å²) in [6, 6.07) is 6.32. The first-order chi connectivity index (χ1) is 11.9. The van der Waals surface area contributed by atoms with E-state index in [1.54, 1.807) is 0 Å². The quantitative estimate of drug-likeness (QED) is 0.286. The Labute approximate surface area is 164 Å². The minimum absolute atomic E-state index is 0. The monoisotopic (exact) mass is 367 g/mol. The highest BCUT2D eigenvalue weighted by molar-refractivity contribution is 4.83. The van der Waals surface area contributed by atoms with Crippen LogP contribution >= 0.6 is 0 Å². The lowest BCUT2D eigenvalue weighted by Gasteiger charge is -2.03. The second-order valence-corrected chi connectivity index (χ2v) is 7.42. The lowest BCUT2D eigenvalue weighted by atomic mass is 10.0. The van der Waals surface area contributed by atoms with Gasteiger partial charge in [-0.1, -0.05) is 103 Å². The van der Waals surface area contributed by atoms with Gasteiger partial charge in [-0.2, -0.15) is 0 Å². The lowest BCUT2D eigenvalue weighted by Crippen LogP contribution is -3.00. The molecular formula is C23H42ClN. The van der Waals surface area contributed by atoms with Crippen molar-refractivity contribution in [2.45, 2.75) is 116 Å². The van der Waals surface area contributed by atoms with Crippen LogP contribution in [0.4, 0.5) is 0 Å². The molecule has 0 aliphatic heterocycles. The molecule has 0 N–H and O–H groups in total. The van der Waals surface area contributed by atoms with Crippen LogP contribution in [-0.2, 0) is 6.54 Å². The number of halogens is 1. The van der Waals surface area contributed by atoms with E-state index in [1.165, 1.54) is 109 Å². The maximum atomic E-state index is 2.30. The molecule has 0 aromatic carbocycles. The smallest absolute Gasteiger partial charge is 0.168 e. The van der Waals surface area contributed by atoms with Crippen molar-refractivity contribution < 1.29 is 17.0 Å². The van der Waals surface area contributed by atoms with Gasteiger partial charge >= 0.3 is 0 Å². The molecular weight excluding hydrogens is 326 g/mol. The van der Waals surface area contributed by atoms with E-state index in [1.807, 2.05) is 0 Å². The SMILES string of the molecule is CCCCCCCCCCCCCCCCCC[n+]1ccccc1.[Cl-]. The maximum absolute atomic E-state index is 2.30. The third-order valence-corrected chi connectivity index (χ3v) is 5.05. The zero-order valence-electron chi connectivity index (χ0n) is 16.7. The molecule has 0 radical (unpaired) electrons. The minimum atomic E-state index is 0. The number of aryl methyl sites for hydroxylation is 1. The van der Waals surface area contributed by atoms with Gasteiger partial charge in [-0.05, 0) is 6.42 Å². The van der Waals surface area contributed by atoms with E-state index < -0.39 is 0 Å². The maximum Gasteiger partial charge on any atom is 0.168 e. The molecule has 146 valence electrons. The molecule has 1 aromatic rings. The summed E-state index contributed by atoms with van der Waals surface area (Å²) in [5.74, 6) is 0. The molecule has 1 nitrogen and oxygen atoms in total. The Hall–Kier alpha value is -0.560. The Morgan fingerprint density at radius 3 is 1.24 bits per heavy atom. The molecule has 0 aliphatic carbocycles. The fourth-order valence-electron chi connectivity index (χ4n) is 3.43. The topological polar surface area (TPSA) is 3.88 Å². The second-order valence-electron chi connectivity index (χ2n) is 7.42. The van der Waals surface area contributed by atoms with Crippen LogP contribution in [0.1, 0.15) is 110 Å². The number of nitrogens with zero attached hydrogens (tertiary/aromatic N) is 1. The number of hydrogen-bond donors (Lipinski definition) is 0. The first-order valence-electron chi connectivity index (χ1n) is 10.9. The summed E-state index contributed by atoms with van der Waals surface area (Å²) >= 11 is 0. The van der Waals surface area contributed by atoms with E-state index in [0.29, 0.717) is 0 Å². The fourth-order valence-corrected chi connectivity index (χ4v) is 3.43. The average molecular weight is 368 g/mol. The first kappa shape index (κ1) is 24.4. The van der Waals surface area contributed by atoms with Crippen molar-refractivity contribution in [1.29, 1.82) is 0 Å². The van der Waals surface area contributed by atoms with Crippen LogP contribution in [0.25, 0.3) is 0 Å². The van der Waals surface area contributed by atoms with Gasteiger partial charge < -0.3 is 12.4 Å². The van der Waals surface area contributed by atoms with Crippen LogP contribution in [-0.4, -0.2) is 0 Å². The third-order valence-electron chi connectivity index (χ3n) is 5.05. The summed E-state index contributed by atoms with van der Waals surface area (Å²) in [6.45, 7) is 3.48. The Bertz CT molecular complexity index is 352. The zero-order chi connectivity index (χ0) is 17.1. The fraction of sp³-hybridized carbons (Fsp3) is 0.783. The third kappa shape index (κ3) is 16.6. The van der Waals surface area contributed by atoms with Crippen LogP contribution in [0.5, 0.6) is 0 Å². The van der Waals surface area contributed by atoms with Gasteiger partial charge in [0.05, 0.1) is 0 Å². The molecule has 1 aromatic heterocycles. The van der Waals surface area contributed by atoms with Crippen LogP contribution in [0, 0.1) is 0 Å². The largest absolute Gasteiger partial charge is 1.00 e. The summed E-state index contributed by atoms with van der Waals surface area (Å²) in [6.07, 6.45) is 27.4. The van der Waals surface area contributed by atoms with Crippen molar-refractivity contribution >= 4 is 0 Å². The van der Waals surface area contributed by atoms with E-state index in [9.17, 15) is 0 Å². The normalized spacial score (nSPS) is 10.6. The summed E-state index contributed by atoms with van der Waals surface area (Å²) < 4.78 is 2.30. The van der Waals surface area contributed by atoms with Crippen molar-refractivity contribution in [3.63, 3.8) is 0 Å². The van der Waals surface area contributed by atoms with E-state index in [0.717, 1.165) is 0 Å². The van der Waals surface area contributed by atoms with Gasteiger partial charge in [-0.25, -0.2) is 4.57 Å². The Kier molecular flexibility index (Phi) is 19.3. The Balaban J connectivity index is 0.00000576. The number of pyridine rings is 1. The first-order valence-corrected chi connectivity index (χ1v) is 10.9. The van der Waals surface area contributed by atoms with Gasteiger partial charge in [-0.15, -0.1) is 0 Å². The van der Waals surface area contributed by atoms with E-state index >= 15 is 0 Å². The van der Waals surface area contributed by atoms with E-state index in [4.69, 9.17) is 0 Å². The number of aromatic nitrogens is 1. The molecule has 0 aliphatic rings. The predicted octanol–water partition coefficient (Wildman–Crippen LogP) is 4.24. The molecule has 0 fully saturated rings. The molecule has 1 heterocycles. The summed E-state index contributed by atoms with van der Waals surface area (Å²) in [7, 11) is 0. The summed E-state index contributed by atoms with van der Waals surface area (Å²) in [5, 5.41) is 0. The molecule has 0 amide bonds. The average Bonchev–Trinajstić information content (AvgIpc) is 2.62. The number of hydrogen-bond acceptors (Lipinski definition) is 0. The molecule has 25 heavy (non-hydrogen) atoms. The zero-order valence-corrected chi connectivity index (χ0v) is 17.5. The molecule has 0 unspecified atom stereocenters. The molecule has 0 spiro atoms. The van der Waals surface area contributed by atoms with E-state index in [2.05, 4.69) is 42.1 Å². The second kappa shape index (κ2) is 19.8. The van der Waals surface area contributed by atoms with Crippen LogP contribution in [0.2, 0.25) is 0 Å². The van der Waals surface area contributed by atoms with E-state index in [-0.39, 0.29) is 12.4 Å². The minimum Gasteiger partial charge on any atom is -1.00 e. The van der Waals surface area contributed by atoms with Gasteiger partial charge in [0.25, 0.3) is 0 Å². The molecule has 0 bridgehead atoms. The van der Waals surface area contributed by atoms with Gasteiger partial charge in [0, 0.05) is 18.6 Å². The standard InChI is InChI=1S/C23H42N.ClH/c1-2-3-4-5-6-7-8-9-10-11-12-13-14-15-16-18-21-24-22-19-17-20-23-24;/h17,19-20,22-23H,2-16,18,21H2,1H3;1H/q+1;/p-1. The van der Waals surface area contributed by atoms with Crippen molar-refractivity contribution in [2.75, 3.05) is 0 Å². The highest BCUT2D eigenvalue weighted by atomic mass is 35.5. The highest BCUT2D eigenvalue weighted by Crippen LogP contribution is 2.13. The van der Waals surface area contributed by atoms with Crippen molar-refractivity contribution in [3.8, 4) is 0 Å². The van der Waals surface area contributed by atoms with Gasteiger partial charge in [-0.3, -0.25) is 0 Å². The number of rotatable bonds is 17. The van der Waals surface area contributed by atoms with Crippen molar-refractivity contribution in [1.82, 2.24) is 0 Å². The van der Waals surface area contributed by atoms with Gasteiger partial charge in [0.2, 0.25) is 0 Å². The Morgan fingerprint density at radius 1 is 0.480 bits per heavy atom.